The number of morpholine rings is 1. The van der Waals surface area contributed by atoms with E-state index in [9.17, 15) is 9.59 Å². The number of carbonyl (C=O) groups is 1. The quantitative estimate of drug-likeness (QED) is 0.390. The van der Waals surface area contributed by atoms with Gasteiger partial charge in [0.1, 0.15) is 0 Å². The van der Waals surface area contributed by atoms with Crippen molar-refractivity contribution in [3.63, 3.8) is 0 Å². The van der Waals surface area contributed by atoms with Gasteiger partial charge in [0.25, 0.3) is 11.5 Å². The number of anilines is 1. The molecule has 33 heavy (non-hydrogen) atoms. The number of hydrogen-bond donors (Lipinski definition) is 2. The van der Waals surface area contributed by atoms with Crippen LogP contribution in [-0.4, -0.2) is 55.5 Å². The third-order valence-corrected chi connectivity index (χ3v) is 6.06. The van der Waals surface area contributed by atoms with Crippen LogP contribution in [0, 0.1) is 4.77 Å². The molecule has 3 aromatic rings. The monoisotopic (exact) mass is 468 g/mol. The molecule has 0 bridgehead atoms. The highest BCUT2D eigenvalue weighted by Crippen LogP contribution is 2.17. The first-order chi connectivity index (χ1) is 16.1. The fourth-order valence-corrected chi connectivity index (χ4v) is 4.18. The van der Waals surface area contributed by atoms with E-state index in [1.54, 1.807) is 25.3 Å². The largest absolute Gasteiger partial charge is 0.385 e. The Hall–Kier alpha value is -3.01. The Morgan fingerprint density at radius 1 is 1.18 bits per heavy atom. The minimum atomic E-state index is -0.210. The summed E-state index contributed by atoms with van der Waals surface area (Å²) in [4.78, 5) is 30.9. The number of fused-ring (bicyclic) bond motifs is 1. The molecule has 0 saturated carbocycles. The van der Waals surface area contributed by atoms with E-state index in [4.69, 9.17) is 21.7 Å². The van der Waals surface area contributed by atoms with Crippen LogP contribution in [0.25, 0.3) is 10.9 Å². The molecule has 1 amide bonds. The van der Waals surface area contributed by atoms with Gasteiger partial charge in [-0.1, -0.05) is 12.1 Å². The van der Waals surface area contributed by atoms with Crippen LogP contribution in [0.2, 0.25) is 0 Å². The molecule has 1 saturated heterocycles. The number of methoxy groups -OCH3 is 1. The second-order valence-electron chi connectivity index (χ2n) is 7.94. The van der Waals surface area contributed by atoms with Gasteiger partial charge in [-0.15, -0.1) is 0 Å². The Labute approximate surface area is 197 Å². The summed E-state index contributed by atoms with van der Waals surface area (Å²) in [6.07, 6.45) is 0.688. The lowest BCUT2D eigenvalue weighted by molar-refractivity contribution is 0.0951. The first kappa shape index (κ1) is 23.2. The van der Waals surface area contributed by atoms with Gasteiger partial charge in [-0.25, -0.2) is 0 Å². The number of hydrogen-bond acceptors (Lipinski definition) is 6. The lowest BCUT2D eigenvalue weighted by Crippen LogP contribution is -2.36. The number of nitrogens with zero attached hydrogens (tertiary/aromatic N) is 2. The second kappa shape index (κ2) is 10.7. The number of ether oxygens (including phenoxy) is 2. The first-order valence-corrected chi connectivity index (χ1v) is 11.4. The zero-order valence-corrected chi connectivity index (χ0v) is 19.5. The summed E-state index contributed by atoms with van der Waals surface area (Å²) in [5.41, 5.74) is 3.02. The lowest BCUT2D eigenvalue weighted by atomic mass is 10.1. The molecular formula is C24H28N4O4S. The Bertz CT molecular complexity index is 1230. The van der Waals surface area contributed by atoms with E-state index in [2.05, 4.69) is 27.3 Å². The van der Waals surface area contributed by atoms with E-state index in [1.165, 1.54) is 4.57 Å². The number of amides is 1. The van der Waals surface area contributed by atoms with E-state index >= 15 is 0 Å². The van der Waals surface area contributed by atoms with E-state index in [-0.39, 0.29) is 11.5 Å². The van der Waals surface area contributed by atoms with E-state index in [1.807, 2.05) is 12.1 Å². The molecule has 0 spiro atoms. The van der Waals surface area contributed by atoms with Crippen molar-refractivity contribution in [3.05, 3.63) is 68.7 Å². The van der Waals surface area contributed by atoms with Gasteiger partial charge < -0.3 is 24.7 Å². The Morgan fingerprint density at radius 3 is 2.67 bits per heavy atom. The summed E-state index contributed by atoms with van der Waals surface area (Å²) < 4.78 is 12.3. The average Bonchev–Trinajstić information content (AvgIpc) is 2.85. The molecule has 1 aliphatic rings. The summed E-state index contributed by atoms with van der Waals surface area (Å²) in [6.45, 7) is 4.71. The van der Waals surface area contributed by atoms with E-state index in [0.29, 0.717) is 47.4 Å². The van der Waals surface area contributed by atoms with Crippen LogP contribution in [0.1, 0.15) is 22.3 Å². The summed E-state index contributed by atoms with van der Waals surface area (Å²) in [6, 6.07) is 13.2. The van der Waals surface area contributed by atoms with Crippen LogP contribution in [0.4, 0.5) is 5.69 Å². The van der Waals surface area contributed by atoms with Gasteiger partial charge in [0.15, 0.2) is 4.77 Å². The van der Waals surface area contributed by atoms with Crippen molar-refractivity contribution < 1.29 is 14.3 Å². The van der Waals surface area contributed by atoms with Crippen molar-refractivity contribution in [2.45, 2.75) is 19.5 Å². The number of rotatable bonds is 8. The smallest absolute Gasteiger partial charge is 0.262 e. The molecule has 1 aliphatic heterocycles. The van der Waals surface area contributed by atoms with Gasteiger partial charge in [0.05, 0.1) is 24.1 Å². The van der Waals surface area contributed by atoms with Crippen LogP contribution in [0.3, 0.4) is 0 Å². The number of benzene rings is 2. The maximum atomic E-state index is 12.8. The first-order valence-electron chi connectivity index (χ1n) is 11.0. The molecule has 0 atom stereocenters. The Kier molecular flexibility index (Phi) is 7.54. The van der Waals surface area contributed by atoms with Gasteiger partial charge in [-0.2, -0.15) is 0 Å². The highest BCUT2D eigenvalue weighted by molar-refractivity contribution is 7.71. The zero-order chi connectivity index (χ0) is 23.2. The minimum absolute atomic E-state index is 0.169. The minimum Gasteiger partial charge on any atom is -0.385 e. The third kappa shape index (κ3) is 5.50. The molecule has 9 heteroatoms. The second-order valence-corrected chi connectivity index (χ2v) is 8.33. The lowest BCUT2D eigenvalue weighted by Gasteiger charge is -2.28. The van der Waals surface area contributed by atoms with Gasteiger partial charge in [0.2, 0.25) is 0 Å². The number of aromatic nitrogens is 2. The van der Waals surface area contributed by atoms with Crippen LogP contribution in [-0.2, 0) is 22.6 Å². The standard InChI is InChI=1S/C24H28N4O4S/c1-31-12-2-9-28-23(30)20-8-5-18(15-21(20)26-24(28)33)22(29)25-16-17-3-6-19(7-4-17)27-10-13-32-14-11-27/h3-8,15H,2,9-14,16H2,1H3,(H,25,29)(H,26,33). The summed E-state index contributed by atoms with van der Waals surface area (Å²) in [7, 11) is 1.62. The molecule has 0 aliphatic carbocycles. The van der Waals surface area contributed by atoms with Crippen molar-refractivity contribution >= 4 is 34.7 Å². The Balaban J connectivity index is 1.43. The molecule has 2 aromatic carbocycles. The van der Waals surface area contributed by atoms with Crippen molar-refractivity contribution in [3.8, 4) is 0 Å². The zero-order valence-electron chi connectivity index (χ0n) is 18.6. The maximum absolute atomic E-state index is 12.8. The molecule has 2 N–H and O–H groups in total. The van der Waals surface area contributed by atoms with Crippen molar-refractivity contribution in [2.24, 2.45) is 0 Å². The number of carbonyl (C=O) groups excluding carboxylic acids is 1. The van der Waals surface area contributed by atoms with Gasteiger partial charge in [-0.3, -0.25) is 14.2 Å². The fraction of sp³-hybridized carbons (Fsp3) is 0.375. The van der Waals surface area contributed by atoms with Crippen molar-refractivity contribution in [1.82, 2.24) is 14.9 Å². The summed E-state index contributed by atoms with van der Waals surface area (Å²) in [5, 5.41) is 3.44. The Morgan fingerprint density at radius 2 is 1.94 bits per heavy atom. The van der Waals surface area contributed by atoms with Crippen LogP contribution < -0.4 is 15.8 Å². The van der Waals surface area contributed by atoms with Crippen molar-refractivity contribution in [2.75, 3.05) is 44.9 Å². The normalized spacial score (nSPS) is 13.9. The van der Waals surface area contributed by atoms with Crippen LogP contribution in [0.15, 0.2) is 47.3 Å². The predicted octanol–water partition coefficient (Wildman–Crippen LogP) is 2.86. The number of nitrogens with one attached hydrogen (secondary N) is 2. The topological polar surface area (TPSA) is 88.6 Å². The number of aromatic amines is 1. The maximum Gasteiger partial charge on any atom is 0.262 e. The summed E-state index contributed by atoms with van der Waals surface area (Å²) >= 11 is 5.35. The van der Waals surface area contributed by atoms with Gasteiger partial charge in [-0.05, 0) is 54.5 Å². The van der Waals surface area contributed by atoms with Crippen molar-refractivity contribution in [1.29, 1.82) is 0 Å². The molecule has 1 aromatic heterocycles. The molecule has 1 fully saturated rings. The molecular weight excluding hydrogens is 440 g/mol. The average molecular weight is 469 g/mol. The molecule has 0 unspecified atom stereocenters. The fourth-order valence-electron chi connectivity index (χ4n) is 3.90. The van der Waals surface area contributed by atoms with E-state index in [0.717, 1.165) is 37.6 Å². The molecule has 174 valence electrons. The summed E-state index contributed by atoms with van der Waals surface area (Å²) in [5.74, 6) is -0.210. The predicted molar refractivity (Wildman–Crippen MR) is 131 cm³/mol. The molecule has 4 rings (SSSR count). The van der Waals surface area contributed by atoms with Gasteiger partial charge >= 0.3 is 0 Å². The van der Waals surface area contributed by atoms with Crippen LogP contribution in [0.5, 0.6) is 0 Å². The molecule has 2 heterocycles. The number of H-pyrrole nitrogens is 1. The third-order valence-electron chi connectivity index (χ3n) is 5.74. The highest BCUT2D eigenvalue weighted by atomic mass is 32.1. The molecule has 8 nitrogen and oxygen atoms in total. The van der Waals surface area contributed by atoms with E-state index < -0.39 is 0 Å². The van der Waals surface area contributed by atoms with Crippen LogP contribution >= 0.6 is 12.2 Å². The molecule has 0 radical (unpaired) electrons. The van der Waals surface area contributed by atoms with Gasteiger partial charge in [0, 0.05) is 51.1 Å². The highest BCUT2D eigenvalue weighted by Gasteiger charge is 2.12. The SMILES string of the molecule is COCCCn1c(=S)[nH]c2cc(C(=O)NCc3ccc(N4CCOCC4)cc3)ccc2c1=O.